The van der Waals surface area contributed by atoms with Crippen LogP contribution >= 0.6 is 8.15 Å². The van der Waals surface area contributed by atoms with E-state index >= 15 is 0 Å². The standard InChI is InChI=1S/C9H21O2P/c1-12(2)11-9-7-5-3-4-6-8-10/h10H,3-9H2,1-2H3. The van der Waals surface area contributed by atoms with Crippen molar-refractivity contribution in [2.75, 3.05) is 26.5 Å². The minimum absolute atomic E-state index is 0.168. The van der Waals surface area contributed by atoms with E-state index < -0.39 is 0 Å². The molecule has 3 heteroatoms. The van der Waals surface area contributed by atoms with Crippen LogP contribution in [0.15, 0.2) is 0 Å². The Morgan fingerprint density at radius 3 is 2.17 bits per heavy atom. The minimum Gasteiger partial charge on any atom is -0.396 e. The number of rotatable bonds is 8. The Bertz CT molecular complexity index is 86.6. The van der Waals surface area contributed by atoms with E-state index in [2.05, 4.69) is 13.3 Å². The molecule has 0 aliphatic carbocycles. The maximum atomic E-state index is 8.52. The summed E-state index contributed by atoms with van der Waals surface area (Å²) in [6, 6.07) is 0. The molecule has 0 bridgehead atoms. The molecular weight excluding hydrogens is 171 g/mol. The normalized spacial score (nSPS) is 11.0. The molecule has 0 saturated carbocycles. The first-order valence-corrected chi connectivity index (χ1v) is 6.84. The quantitative estimate of drug-likeness (QED) is 0.473. The molecule has 0 aromatic carbocycles. The van der Waals surface area contributed by atoms with Crippen molar-refractivity contribution in [2.24, 2.45) is 0 Å². The molecule has 0 aliphatic rings. The van der Waals surface area contributed by atoms with Crippen molar-refractivity contribution in [1.82, 2.24) is 0 Å². The average Bonchev–Trinajstić information content (AvgIpc) is 2.02. The molecule has 0 radical (unpaired) electrons. The van der Waals surface area contributed by atoms with E-state index in [0.29, 0.717) is 6.61 Å². The molecule has 0 unspecified atom stereocenters. The Morgan fingerprint density at radius 2 is 1.58 bits per heavy atom. The van der Waals surface area contributed by atoms with E-state index in [9.17, 15) is 0 Å². The minimum atomic E-state index is -0.168. The van der Waals surface area contributed by atoms with E-state index in [4.69, 9.17) is 9.63 Å². The highest BCUT2D eigenvalue weighted by Gasteiger charge is 1.93. The molecule has 0 rings (SSSR count). The third kappa shape index (κ3) is 10.3. The van der Waals surface area contributed by atoms with Crippen LogP contribution in [0.3, 0.4) is 0 Å². The molecular formula is C9H21O2P. The van der Waals surface area contributed by atoms with Crippen LogP contribution < -0.4 is 0 Å². The first kappa shape index (κ1) is 12.3. The molecule has 2 nitrogen and oxygen atoms in total. The highest BCUT2D eigenvalue weighted by atomic mass is 31.1. The first-order chi connectivity index (χ1) is 5.77. The van der Waals surface area contributed by atoms with Crippen LogP contribution in [0, 0.1) is 0 Å². The zero-order valence-corrected chi connectivity index (χ0v) is 9.15. The second-order valence-electron chi connectivity index (χ2n) is 3.14. The largest absolute Gasteiger partial charge is 0.396 e. The van der Waals surface area contributed by atoms with Crippen molar-refractivity contribution >= 4 is 8.15 Å². The summed E-state index contributed by atoms with van der Waals surface area (Å²) >= 11 is 0. The molecule has 0 fully saturated rings. The maximum absolute atomic E-state index is 8.52. The van der Waals surface area contributed by atoms with Gasteiger partial charge in [-0.05, 0) is 26.2 Å². The lowest BCUT2D eigenvalue weighted by atomic mass is 10.2. The average molecular weight is 192 g/mol. The third-order valence-corrected chi connectivity index (χ3v) is 2.35. The SMILES string of the molecule is CP(C)OCCCCCCCO. The van der Waals surface area contributed by atoms with Crippen LogP contribution in [-0.2, 0) is 4.52 Å². The zero-order chi connectivity index (χ0) is 9.23. The lowest BCUT2D eigenvalue weighted by molar-refractivity contribution is 0.280. The molecule has 0 atom stereocenters. The number of aliphatic hydroxyl groups excluding tert-OH is 1. The lowest BCUT2D eigenvalue weighted by Crippen LogP contribution is -1.89. The monoisotopic (exact) mass is 192 g/mol. The fourth-order valence-corrected chi connectivity index (χ4v) is 1.49. The van der Waals surface area contributed by atoms with Gasteiger partial charge in [-0.1, -0.05) is 19.3 Å². The molecule has 74 valence electrons. The summed E-state index contributed by atoms with van der Waals surface area (Å²) in [4.78, 5) is 0. The van der Waals surface area contributed by atoms with Crippen molar-refractivity contribution in [3.8, 4) is 0 Å². The van der Waals surface area contributed by atoms with E-state index in [0.717, 1.165) is 19.4 Å². The van der Waals surface area contributed by atoms with Crippen molar-refractivity contribution < 1.29 is 9.63 Å². The molecule has 0 aromatic heterocycles. The van der Waals surface area contributed by atoms with Gasteiger partial charge in [0.05, 0.1) is 6.61 Å². The summed E-state index contributed by atoms with van der Waals surface area (Å²) in [5.41, 5.74) is 0. The van der Waals surface area contributed by atoms with Gasteiger partial charge in [-0.25, -0.2) is 0 Å². The summed E-state index contributed by atoms with van der Waals surface area (Å²) in [7, 11) is -0.168. The van der Waals surface area contributed by atoms with Crippen molar-refractivity contribution in [3.05, 3.63) is 0 Å². The van der Waals surface area contributed by atoms with E-state index in [-0.39, 0.29) is 8.15 Å². The summed E-state index contributed by atoms with van der Waals surface area (Å²) in [6.45, 7) is 5.51. The van der Waals surface area contributed by atoms with Gasteiger partial charge in [-0.3, -0.25) is 0 Å². The predicted octanol–water partition coefficient (Wildman–Crippen LogP) is 2.60. The third-order valence-electron chi connectivity index (χ3n) is 1.65. The Balaban J connectivity index is 2.82. The summed E-state index contributed by atoms with van der Waals surface area (Å²) in [5, 5.41) is 8.52. The summed E-state index contributed by atoms with van der Waals surface area (Å²) in [6.07, 6.45) is 5.75. The van der Waals surface area contributed by atoms with Crippen molar-refractivity contribution in [1.29, 1.82) is 0 Å². The van der Waals surface area contributed by atoms with Gasteiger partial charge in [0.25, 0.3) is 0 Å². The Morgan fingerprint density at radius 1 is 1.00 bits per heavy atom. The lowest BCUT2D eigenvalue weighted by Gasteiger charge is -2.06. The van der Waals surface area contributed by atoms with Gasteiger partial charge >= 0.3 is 0 Å². The van der Waals surface area contributed by atoms with Gasteiger partial charge in [-0.2, -0.15) is 0 Å². The van der Waals surface area contributed by atoms with Gasteiger partial charge in [0.1, 0.15) is 0 Å². The smallest absolute Gasteiger partial charge is 0.0508 e. The highest BCUT2D eigenvalue weighted by Crippen LogP contribution is 2.25. The van der Waals surface area contributed by atoms with Gasteiger partial charge in [0.2, 0.25) is 0 Å². The summed E-state index contributed by atoms with van der Waals surface area (Å²) in [5.74, 6) is 0. The number of hydrogen-bond acceptors (Lipinski definition) is 2. The van der Waals surface area contributed by atoms with Crippen LogP contribution in [0.1, 0.15) is 32.1 Å². The van der Waals surface area contributed by atoms with Crippen molar-refractivity contribution in [3.63, 3.8) is 0 Å². The van der Waals surface area contributed by atoms with Crippen LogP contribution in [0.5, 0.6) is 0 Å². The predicted molar refractivity (Wildman–Crippen MR) is 54.9 cm³/mol. The molecule has 0 heterocycles. The van der Waals surface area contributed by atoms with Gasteiger partial charge < -0.3 is 9.63 Å². The molecule has 1 N–H and O–H groups in total. The number of aliphatic hydroxyl groups is 1. The molecule has 0 aliphatic heterocycles. The fourth-order valence-electron chi connectivity index (χ4n) is 0.991. The molecule has 0 spiro atoms. The molecule has 0 amide bonds. The van der Waals surface area contributed by atoms with Crippen molar-refractivity contribution in [2.45, 2.75) is 32.1 Å². The van der Waals surface area contributed by atoms with Gasteiger partial charge in [-0.15, -0.1) is 0 Å². The first-order valence-electron chi connectivity index (χ1n) is 4.68. The fraction of sp³-hybridized carbons (Fsp3) is 1.00. The topological polar surface area (TPSA) is 29.5 Å². The molecule has 0 saturated heterocycles. The van der Waals surface area contributed by atoms with E-state index in [1.54, 1.807) is 0 Å². The summed E-state index contributed by atoms with van der Waals surface area (Å²) < 4.78 is 5.46. The highest BCUT2D eigenvalue weighted by molar-refractivity contribution is 7.50. The molecule has 0 aromatic rings. The Labute approximate surface area is 77.2 Å². The van der Waals surface area contributed by atoms with Gasteiger partial charge in [0, 0.05) is 14.8 Å². The van der Waals surface area contributed by atoms with E-state index in [1.165, 1.54) is 19.3 Å². The van der Waals surface area contributed by atoms with Gasteiger partial charge in [0.15, 0.2) is 0 Å². The maximum Gasteiger partial charge on any atom is 0.0508 e. The number of unbranched alkanes of at least 4 members (excludes halogenated alkanes) is 4. The molecule has 12 heavy (non-hydrogen) atoms. The van der Waals surface area contributed by atoms with Crippen LogP contribution in [-0.4, -0.2) is 31.6 Å². The zero-order valence-electron chi connectivity index (χ0n) is 8.25. The van der Waals surface area contributed by atoms with Crippen LogP contribution in [0.25, 0.3) is 0 Å². The second kappa shape index (κ2) is 9.44. The van der Waals surface area contributed by atoms with E-state index in [1.807, 2.05) is 0 Å². The van der Waals surface area contributed by atoms with Crippen LogP contribution in [0.4, 0.5) is 0 Å². The Hall–Kier alpha value is 0.350. The second-order valence-corrected chi connectivity index (χ2v) is 5.02. The Kier molecular flexibility index (Phi) is 9.71. The van der Waals surface area contributed by atoms with Crippen LogP contribution in [0.2, 0.25) is 0 Å². The number of hydrogen-bond donors (Lipinski definition) is 1.